The molecule has 7 heteroatoms. The molecule has 236 valence electrons. The SMILES string of the molecule is Cc1ccc(S(=O)(=O)CNCCOc2ccc(CC3CN(C(c4ccccc4)(c4ccccc4)c4ccccc4)CS3)cc2)cc1. The normalized spacial score (nSPS) is 15.5. The third kappa shape index (κ3) is 7.24. The quantitative estimate of drug-likeness (QED) is 0.107. The summed E-state index contributed by atoms with van der Waals surface area (Å²) in [6.45, 7) is 3.72. The van der Waals surface area contributed by atoms with Crippen molar-refractivity contribution in [1.29, 1.82) is 0 Å². The lowest BCUT2D eigenvalue weighted by Crippen LogP contribution is -2.47. The number of nitrogens with one attached hydrogen (secondary N) is 1. The molecule has 1 fully saturated rings. The molecule has 0 amide bonds. The van der Waals surface area contributed by atoms with Gasteiger partial charge in [-0.1, -0.05) is 121 Å². The van der Waals surface area contributed by atoms with Gasteiger partial charge in [0.25, 0.3) is 0 Å². The summed E-state index contributed by atoms with van der Waals surface area (Å²) in [6.07, 6.45) is 0.967. The largest absolute Gasteiger partial charge is 0.492 e. The Morgan fingerprint density at radius 1 is 0.761 bits per heavy atom. The first-order valence-electron chi connectivity index (χ1n) is 15.7. The molecule has 5 nitrogen and oxygen atoms in total. The van der Waals surface area contributed by atoms with Gasteiger partial charge in [0.05, 0.1) is 10.4 Å². The van der Waals surface area contributed by atoms with Crippen molar-refractivity contribution in [3.8, 4) is 5.75 Å². The summed E-state index contributed by atoms with van der Waals surface area (Å²) in [7, 11) is -3.37. The molecule has 0 spiro atoms. The number of hydrogen-bond donors (Lipinski definition) is 1. The summed E-state index contributed by atoms with van der Waals surface area (Å²) < 4.78 is 31.0. The van der Waals surface area contributed by atoms with Crippen LogP contribution in [0.4, 0.5) is 0 Å². The van der Waals surface area contributed by atoms with E-state index in [1.54, 1.807) is 12.1 Å². The molecule has 1 aliphatic rings. The summed E-state index contributed by atoms with van der Waals surface area (Å²) in [4.78, 5) is 2.97. The smallest absolute Gasteiger partial charge is 0.191 e. The Morgan fingerprint density at radius 2 is 1.30 bits per heavy atom. The first kappa shape index (κ1) is 32.1. The molecular formula is C39H40N2O3S2. The lowest BCUT2D eigenvalue weighted by Gasteiger charge is -2.43. The number of nitrogens with zero attached hydrogens (tertiary/aromatic N) is 1. The van der Waals surface area contributed by atoms with Crippen molar-refractivity contribution in [2.45, 2.75) is 29.0 Å². The Bertz CT molecular complexity index is 1690. The van der Waals surface area contributed by atoms with Crippen LogP contribution in [0.3, 0.4) is 0 Å². The second kappa shape index (κ2) is 14.7. The van der Waals surface area contributed by atoms with Crippen molar-refractivity contribution in [3.05, 3.63) is 167 Å². The van der Waals surface area contributed by atoms with Gasteiger partial charge >= 0.3 is 0 Å². The number of benzene rings is 5. The van der Waals surface area contributed by atoms with E-state index in [1.807, 2.05) is 43.0 Å². The average molecular weight is 649 g/mol. The van der Waals surface area contributed by atoms with Crippen LogP contribution in [-0.4, -0.2) is 50.0 Å². The fourth-order valence-corrected chi connectivity index (χ4v) is 8.67. The summed E-state index contributed by atoms with van der Waals surface area (Å²) in [5.74, 6) is 1.59. The highest BCUT2D eigenvalue weighted by Crippen LogP contribution is 2.46. The Labute approximate surface area is 277 Å². The molecule has 0 bridgehead atoms. The predicted molar refractivity (Wildman–Crippen MR) is 189 cm³/mol. The second-order valence-corrected chi connectivity index (χ2v) is 15.0. The maximum atomic E-state index is 12.5. The lowest BCUT2D eigenvalue weighted by atomic mass is 9.75. The van der Waals surface area contributed by atoms with Crippen molar-refractivity contribution in [3.63, 3.8) is 0 Å². The van der Waals surface area contributed by atoms with Crippen molar-refractivity contribution in [1.82, 2.24) is 10.2 Å². The van der Waals surface area contributed by atoms with Crippen LogP contribution in [0.15, 0.2) is 144 Å². The van der Waals surface area contributed by atoms with Crippen LogP contribution in [-0.2, 0) is 21.8 Å². The Hall–Kier alpha value is -3.88. The van der Waals surface area contributed by atoms with E-state index in [1.165, 1.54) is 22.3 Å². The van der Waals surface area contributed by atoms with Crippen molar-refractivity contribution in [2.75, 3.05) is 31.4 Å². The molecule has 1 heterocycles. The molecule has 1 unspecified atom stereocenters. The molecule has 0 radical (unpaired) electrons. The zero-order valence-electron chi connectivity index (χ0n) is 26.1. The summed E-state index contributed by atoms with van der Waals surface area (Å²) in [6, 6.07) is 47.9. The molecule has 0 aromatic heterocycles. The minimum Gasteiger partial charge on any atom is -0.492 e. The Morgan fingerprint density at radius 3 is 1.85 bits per heavy atom. The van der Waals surface area contributed by atoms with Gasteiger partial charge in [-0.05, 0) is 59.9 Å². The lowest BCUT2D eigenvalue weighted by molar-refractivity contribution is 0.202. The molecule has 46 heavy (non-hydrogen) atoms. The fraction of sp³-hybridized carbons (Fsp3) is 0.231. The molecule has 1 atom stereocenters. The predicted octanol–water partition coefficient (Wildman–Crippen LogP) is 7.30. The van der Waals surface area contributed by atoms with E-state index < -0.39 is 15.4 Å². The highest BCUT2D eigenvalue weighted by Gasteiger charge is 2.45. The van der Waals surface area contributed by atoms with Gasteiger partial charge in [0.2, 0.25) is 0 Å². The third-order valence-electron chi connectivity index (χ3n) is 8.55. The minimum atomic E-state index is -3.37. The summed E-state index contributed by atoms with van der Waals surface area (Å²) in [5.41, 5.74) is 5.74. The van der Waals surface area contributed by atoms with E-state index >= 15 is 0 Å². The third-order valence-corrected chi connectivity index (χ3v) is 11.4. The maximum Gasteiger partial charge on any atom is 0.191 e. The van der Waals surface area contributed by atoms with Crippen LogP contribution >= 0.6 is 11.8 Å². The molecule has 1 saturated heterocycles. The van der Waals surface area contributed by atoms with E-state index in [2.05, 4.69) is 113 Å². The number of rotatable bonds is 13. The number of sulfone groups is 1. The van der Waals surface area contributed by atoms with Gasteiger partial charge in [-0.2, -0.15) is 0 Å². The van der Waals surface area contributed by atoms with Gasteiger partial charge in [0, 0.05) is 24.2 Å². The topological polar surface area (TPSA) is 58.6 Å². The molecule has 1 aliphatic heterocycles. The van der Waals surface area contributed by atoms with E-state index in [0.717, 1.165) is 30.2 Å². The van der Waals surface area contributed by atoms with Gasteiger partial charge in [-0.25, -0.2) is 8.42 Å². The highest BCUT2D eigenvalue weighted by molar-refractivity contribution is 8.00. The van der Waals surface area contributed by atoms with Crippen LogP contribution < -0.4 is 10.1 Å². The maximum absolute atomic E-state index is 12.5. The molecule has 6 rings (SSSR count). The van der Waals surface area contributed by atoms with Crippen molar-refractivity contribution < 1.29 is 13.2 Å². The van der Waals surface area contributed by atoms with Crippen LogP contribution in [0.1, 0.15) is 27.8 Å². The zero-order valence-corrected chi connectivity index (χ0v) is 27.7. The number of ether oxygens (including phenoxy) is 1. The minimum absolute atomic E-state index is 0.117. The van der Waals surface area contributed by atoms with E-state index in [4.69, 9.17) is 4.74 Å². The molecule has 5 aromatic carbocycles. The van der Waals surface area contributed by atoms with Crippen LogP contribution in [0.25, 0.3) is 0 Å². The summed E-state index contributed by atoms with van der Waals surface area (Å²) in [5, 5.41) is 3.45. The van der Waals surface area contributed by atoms with Crippen molar-refractivity contribution in [2.24, 2.45) is 0 Å². The highest BCUT2D eigenvalue weighted by atomic mass is 32.2. The summed E-state index contributed by atoms with van der Waals surface area (Å²) >= 11 is 2.02. The van der Waals surface area contributed by atoms with Crippen molar-refractivity contribution >= 4 is 21.6 Å². The number of thioether (sulfide) groups is 1. The van der Waals surface area contributed by atoms with Gasteiger partial charge in [-0.15, -0.1) is 11.8 Å². The fourth-order valence-electron chi connectivity index (χ4n) is 6.25. The van der Waals surface area contributed by atoms with Gasteiger partial charge in [-0.3, -0.25) is 10.2 Å². The van der Waals surface area contributed by atoms with Crippen LogP contribution in [0.2, 0.25) is 0 Å². The van der Waals surface area contributed by atoms with E-state index in [0.29, 0.717) is 23.3 Å². The first-order chi connectivity index (χ1) is 22.4. The van der Waals surface area contributed by atoms with Gasteiger partial charge in [0.15, 0.2) is 9.84 Å². The van der Waals surface area contributed by atoms with Crippen LogP contribution in [0, 0.1) is 6.92 Å². The van der Waals surface area contributed by atoms with Crippen LogP contribution in [0.5, 0.6) is 5.75 Å². The average Bonchev–Trinajstić information content (AvgIpc) is 3.56. The Kier molecular flexibility index (Phi) is 10.2. The van der Waals surface area contributed by atoms with E-state index in [-0.39, 0.29) is 5.88 Å². The van der Waals surface area contributed by atoms with E-state index in [9.17, 15) is 8.42 Å². The zero-order chi connectivity index (χ0) is 31.8. The van der Waals surface area contributed by atoms with Gasteiger partial charge in [0.1, 0.15) is 18.2 Å². The molecular weight excluding hydrogens is 609 g/mol. The number of hydrogen-bond acceptors (Lipinski definition) is 6. The monoisotopic (exact) mass is 648 g/mol. The van der Waals surface area contributed by atoms with Gasteiger partial charge < -0.3 is 4.74 Å². The second-order valence-electron chi connectivity index (χ2n) is 11.7. The Balaban J connectivity index is 1.08. The molecule has 1 N–H and O–H groups in total. The molecule has 0 saturated carbocycles. The number of aryl methyl sites for hydroxylation is 1. The standard InChI is InChI=1S/C39H40N2O3S2/c1-31-17-23-38(24-18-31)46(42,43)29-40-25-26-44-36-21-19-32(20-22-36)27-37-28-41(30-45-37)39(33-11-5-2-6-12-33,34-13-7-3-8-14-34)35-15-9-4-10-16-35/h2-24,37,40H,25-30H2,1H3. The first-order valence-corrected chi connectivity index (χ1v) is 18.4. The molecule has 5 aromatic rings. The molecule has 0 aliphatic carbocycles.